The molecule has 0 aliphatic heterocycles. The Bertz CT molecular complexity index is 998. The Labute approximate surface area is 164 Å². The zero-order valence-electron chi connectivity index (χ0n) is 16.0. The Morgan fingerprint density at radius 1 is 0.893 bits per heavy atom. The molecule has 1 aromatic heterocycles. The molecule has 0 fully saturated rings. The lowest BCUT2D eigenvalue weighted by atomic mass is 9.95. The number of methoxy groups -OCH3 is 1. The molecule has 142 valence electrons. The molecular formula is C22H22N4O2. The molecule has 3 aromatic rings. The third-order valence-electron chi connectivity index (χ3n) is 4.74. The van der Waals surface area contributed by atoms with Gasteiger partial charge in [-0.1, -0.05) is 17.7 Å². The van der Waals surface area contributed by atoms with Crippen LogP contribution >= 0.6 is 0 Å². The number of hydrogen-bond acceptors (Lipinski definition) is 6. The van der Waals surface area contributed by atoms with Crippen molar-refractivity contribution in [1.82, 2.24) is 9.97 Å². The number of rotatable bonds is 5. The molecule has 6 heteroatoms. The van der Waals surface area contributed by atoms with Crippen molar-refractivity contribution in [1.29, 1.82) is 0 Å². The molecule has 1 aliphatic carbocycles. The van der Waals surface area contributed by atoms with Crippen molar-refractivity contribution in [2.24, 2.45) is 0 Å². The van der Waals surface area contributed by atoms with Crippen LogP contribution in [0, 0.1) is 6.92 Å². The van der Waals surface area contributed by atoms with E-state index in [4.69, 9.17) is 4.74 Å². The van der Waals surface area contributed by atoms with Gasteiger partial charge in [0.05, 0.1) is 18.4 Å². The van der Waals surface area contributed by atoms with Gasteiger partial charge in [-0.3, -0.25) is 4.79 Å². The molecule has 28 heavy (non-hydrogen) atoms. The Kier molecular flexibility index (Phi) is 4.93. The van der Waals surface area contributed by atoms with Crippen LogP contribution in [-0.4, -0.2) is 22.9 Å². The van der Waals surface area contributed by atoms with E-state index in [1.54, 1.807) is 7.11 Å². The lowest BCUT2D eigenvalue weighted by Gasteiger charge is -2.19. The van der Waals surface area contributed by atoms with Gasteiger partial charge in [0, 0.05) is 17.8 Å². The highest BCUT2D eigenvalue weighted by atomic mass is 16.5. The Hall–Kier alpha value is -3.41. The number of ether oxygens (including phenoxy) is 1. The highest BCUT2D eigenvalue weighted by Gasteiger charge is 2.24. The van der Waals surface area contributed by atoms with Crippen LogP contribution in [0.3, 0.4) is 0 Å². The van der Waals surface area contributed by atoms with Gasteiger partial charge in [-0.05, 0) is 56.2 Å². The number of nitrogens with one attached hydrogen (secondary N) is 2. The predicted molar refractivity (Wildman–Crippen MR) is 110 cm³/mol. The fourth-order valence-corrected chi connectivity index (χ4v) is 3.25. The Morgan fingerprint density at radius 3 is 2.29 bits per heavy atom. The van der Waals surface area contributed by atoms with Crippen LogP contribution in [0.1, 0.15) is 34.5 Å². The van der Waals surface area contributed by atoms with Crippen LogP contribution in [-0.2, 0) is 6.42 Å². The highest BCUT2D eigenvalue weighted by Crippen LogP contribution is 2.30. The van der Waals surface area contributed by atoms with Gasteiger partial charge in [-0.25, -0.2) is 4.98 Å². The van der Waals surface area contributed by atoms with Gasteiger partial charge in [0.25, 0.3) is 0 Å². The number of carbonyl (C=O) groups is 1. The first-order valence-corrected chi connectivity index (χ1v) is 9.31. The molecule has 2 N–H and O–H groups in total. The van der Waals surface area contributed by atoms with Gasteiger partial charge in [-0.2, -0.15) is 4.98 Å². The van der Waals surface area contributed by atoms with Crippen molar-refractivity contribution >= 4 is 28.9 Å². The lowest BCUT2D eigenvalue weighted by molar-refractivity contribution is 0.0972. The zero-order chi connectivity index (χ0) is 19.5. The summed E-state index contributed by atoms with van der Waals surface area (Å²) in [6.45, 7) is 2.04. The van der Waals surface area contributed by atoms with Crippen molar-refractivity contribution in [3.63, 3.8) is 0 Å². The van der Waals surface area contributed by atoms with Crippen molar-refractivity contribution in [3.05, 3.63) is 65.4 Å². The molecular weight excluding hydrogens is 352 g/mol. The number of benzene rings is 2. The van der Waals surface area contributed by atoms with E-state index in [9.17, 15) is 4.79 Å². The van der Waals surface area contributed by atoms with Crippen molar-refractivity contribution in [2.75, 3.05) is 17.7 Å². The van der Waals surface area contributed by atoms with Crippen molar-refractivity contribution in [2.45, 2.75) is 26.2 Å². The smallest absolute Gasteiger partial charge is 0.229 e. The molecule has 0 radical (unpaired) electrons. The average molecular weight is 374 g/mol. The quantitative estimate of drug-likeness (QED) is 0.668. The highest BCUT2D eigenvalue weighted by molar-refractivity contribution is 6.03. The average Bonchev–Trinajstić information content (AvgIpc) is 2.70. The van der Waals surface area contributed by atoms with Gasteiger partial charge >= 0.3 is 0 Å². The minimum Gasteiger partial charge on any atom is -0.497 e. The molecule has 0 unspecified atom stereocenters. The third-order valence-corrected chi connectivity index (χ3v) is 4.74. The summed E-state index contributed by atoms with van der Waals surface area (Å²) in [7, 11) is 1.63. The largest absolute Gasteiger partial charge is 0.497 e. The first kappa shape index (κ1) is 18.0. The monoisotopic (exact) mass is 374 g/mol. The first-order chi connectivity index (χ1) is 13.6. The summed E-state index contributed by atoms with van der Waals surface area (Å²) in [6, 6.07) is 15.6. The number of nitrogens with zero attached hydrogens (tertiary/aromatic N) is 2. The second kappa shape index (κ2) is 7.68. The second-order valence-corrected chi connectivity index (χ2v) is 6.84. The van der Waals surface area contributed by atoms with E-state index in [-0.39, 0.29) is 5.78 Å². The number of carbonyl (C=O) groups excluding carboxylic acids is 1. The summed E-state index contributed by atoms with van der Waals surface area (Å²) >= 11 is 0. The van der Waals surface area contributed by atoms with Gasteiger partial charge in [-0.15, -0.1) is 0 Å². The molecule has 0 saturated heterocycles. The maximum absolute atomic E-state index is 12.5. The molecule has 0 spiro atoms. The maximum atomic E-state index is 12.5. The van der Waals surface area contributed by atoms with Crippen LogP contribution in [0.4, 0.5) is 23.1 Å². The van der Waals surface area contributed by atoms with Gasteiger partial charge < -0.3 is 15.4 Å². The number of fused-ring (bicyclic) bond motifs is 1. The molecule has 1 heterocycles. The molecule has 0 amide bonds. The standard InChI is InChI=1S/C22H22N4O2/c1-14-6-8-15(9-7-14)23-21-20-18(4-3-5-19(20)27)25-22(26-21)24-16-10-12-17(28-2)13-11-16/h6-13H,3-5H2,1-2H3,(H2,23,24,25,26). The van der Waals surface area contributed by atoms with Gasteiger partial charge in [0.1, 0.15) is 11.6 Å². The summed E-state index contributed by atoms with van der Waals surface area (Å²) < 4.78 is 5.19. The lowest BCUT2D eigenvalue weighted by Crippen LogP contribution is -2.17. The normalized spacial score (nSPS) is 13.0. The zero-order valence-corrected chi connectivity index (χ0v) is 16.0. The van der Waals surface area contributed by atoms with Gasteiger partial charge in [0.15, 0.2) is 5.78 Å². The Morgan fingerprint density at radius 2 is 1.57 bits per heavy atom. The summed E-state index contributed by atoms with van der Waals surface area (Å²) in [5.41, 5.74) is 4.31. The van der Waals surface area contributed by atoms with E-state index < -0.39 is 0 Å². The van der Waals surface area contributed by atoms with Crippen LogP contribution in [0.15, 0.2) is 48.5 Å². The number of hydrogen-bond donors (Lipinski definition) is 2. The van der Waals surface area contributed by atoms with Crippen molar-refractivity contribution < 1.29 is 9.53 Å². The fraction of sp³-hybridized carbons (Fsp3) is 0.227. The SMILES string of the molecule is COc1ccc(Nc2nc3c(c(Nc4ccc(C)cc4)n2)C(=O)CCC3)cc1. The van der Waals surface area contributed by atoms with E-state index in [2.05, 4.69) is 20.6 Å². The second-order valence-electron chi connectivity index (χ2n) is 6.84. The van der Waals surface area contributed by atoms with Crippen LogP contribution < -0.4 is 15.4 Å². The number of aryl methyl sites for hydroxylation is 2. The number of anilines is 4. The predicted octanol–water partition coefficient (Wildman–Crippen LogP) is 4.80. The fourth-order valence-electron chi connectivity index (χ4n) is 3.25. The summed E-state index contributed by atoms with van der Waals surface area (Å²) in [5, 5.41) is 6.53. The minimum atomic E-state index is 0.0897. The van der Waals surface area contributed by atoms with Gasteiger partial charge in [0.2, 0.25) is 5.95 Å². The van der Waals surface area contributed by atoms with Crippen molar-refractivity contribution in [3.8, 4) is 5.75 Å². The first-order valence-electron chi connectivity index (χ1n) is 9.31. The number of Topliss-reactive ketones (excluding diaryl/α,β-unsaturated/α-hetero) is 1. The maximum Gasteiger partial charge on any atom is 0.229 e. The van der Waals surface area contributed by atoms with E-state index in [0.717, 1.165) is 35.7 Å². The molecule has 0 bridgehead atoms. The summed E-state index contributed by atoms with van der Waals surface area (Å²) in [5.74, 6) is 1.89. The number of ketones is 1. The Balaban J connectivity index is 1.69. The summed E-state index contributed by atoms with van der Waals surface area (Å²) in [4.78, 5) is 21.7. The van der Waals surface area contributed by atoms with Crippen LogP contribution in [0.5, 0.6) is 5.75 Å². The topological polar surface area (TPSA) is 76.1 Å². The molecule has 0 saturated carbocycles. The number of aromatic nitrogens is 2. The molecule has 0 atom stereocenters. The van der Waals surface area contributed by atoms with Crippen LogP contribution in [0.25, 0.3) is 0 Å². The molecule has 4 rings (SSSR count). The third kappa shape index (κ3) is 3.81. The summed E-state index contributed by atoms with van der Waals surface area (Å²) in [6.07, 6.45) is 2.11. The molecule has 2 aromatic carbocycles. The van der Waals surface area contributed by atoms with E-state index in [0.29, 0.717) is 23.8 Å². The minimum absolute atomic E-state index is 0.0897. The molecule has 6 nitrogen and oxygen atoms in total. The van der Waals surface area contributed by atoms with E-state index in [1.165, 1.54) is 5.56 Å². The van der Waals surface area contributed by atoms with Crippen LogP contribution in [0.2, 0.25) is 0 Å². The van der Waals surface area contributed by atoms with E-state index in [1.807, 2.05) is 55.5 Å². The van der Waals surface area contributed by atoms with E-state index >= 15 is 0 Å². The molecule has 1 aliphatic rings.